The number of amides is 1. The summed E-state index contributed by atoms with van der Waals surface area (Å²) < 4.78 is 0.920. The molecule has 6 heteroatoms. The number of carbonyl (C=O) groups is 1. The molecule has 0 unspecified atom stereocenters. The molecule has 2 aromatic carbocycles. The zero-order chi connectivity index (χ0) is 15.6. The van der Waals surface area contributed by atoms with Crippen molar-refractivity contribution in [3.8, 4) is 0 Å². The fraction of sp³-hybridized carbons (Fsp3) is 0.0667. The van der Waals surface area contributed by atoms with E-state index in [4.69, 9.17) is 29.6 Å². The average Bonchev–Trinajstić information content (AvgIpc) is 2.37. The Hall–Kier alpha value is -1.43. The van der Waals surface area contributed by atoms with Crippen LogP contribution in [0.3, 0.4) is 0 Å². The number of carbonyl (C=O) groups excluding carboxylic acids is 1. The molecule has 0 bridgehead atoms. The highest BCUT2D eigenvalue weighted by Gasteiger charge is 2.13. The van der Waals surface area contributed by atoms with Crippen LogP contribution in [0.4, 0.5) is 5.69 Å². The van der Waals surface area contributed by atoms with Gasteiger partial charge in [-0.25, -0.2) is 0 Å². The number of hydrogen-bond donors (Lipinski definition) is 2. The highest BCUT2D eigenvalue weighted by atomic mass is 79.9. The molecule has 0 saturated heterocycles. The quantitative estimate of drug-likeness (QED) is 0.777. The molecule has 0 aliphatic carbocycles. The Morgan fingerprint density at radius 1 is 1.24 bits per heavy atom. The lowest BCUT2D eigenvalue weighted by Gasteiger charge is -2.12. The summed E-state index contributed by atoms with van der Waals surface area (Å²) in [5, 5.41) is 3.30. The largest absolute Gasteiger partial charge is 0.389 e. The number of rotatable bonds is 3. The molecule has 2 rings (SSSR count). The molecular weight excluding hydrogens is 372 g/mol. The van der Waals surface area contributed by atoms with Crippen molar-refractivity contribution in [3.05, 3.63) is 62.6 Å². The number of benzene rings is 2. The number of nitrogens with two attached hydrogens (primary N) is 1. The van der Waals surface area contributed by atoms with Gasteiger partial charge in [-0.2, -0.15) is 0 Å². The number of nitrogens with one attached hydrogen (secondary N) is 1. The Morgan fingerprint density at radius 2 is 1.90 bits per heavy atom. The highest BCUT2D eigenvalue weighted by molar-refractivity contribution is 9.10. The molecule has 21 heavy (non-hydrogen) atoms. The van der Waals surface area contributed by atoms with Crippen LogP contribution in [-0.4, -0.2) is 10.9 Å². The first-order chi connectivity index (χ1) is 9.88. The third kappa shape index (κ3) is 3.81. The Labute approximate surface area is 141 Å². The SMILES string of the molecule is Cc1cc(Br)ccc1C(=O)Nc1cc(Cl)ccc1C(N)=S. The van der Waals surface area contributed by atoms with Crippen molar-refractivity contribution in [1.29, 1.82) is 0 Å². The lowest BCUT2D eigenvalue weighted by Crippen LogP contribution is -2.18. The average molecular weight is 384 g/mol. The predicted octanol–water partition coefficient (Wildman–Crippen LogP) is 4.30. The summed E-state index contributed by atoms with van der Waals surface area (Å²) in [5.41, 5.74) is 8.18. The van der Waals surface area contributed by atoms with Gasteiger partial charge in [0.2, 0.25) is 0 Å². The molecule has 108 valence electrons. The van der Waals surface area contributed by atoms with Gasteiger partial charge in [-0.3, -0.25) is 4.79 Å². The summed E-state index contributed by atoms with van der Waals surface area (Å²) in [6, 6.07) is 10.4. The van der Waals surface area contributed by atoms with Crippen LogP contribution >= 0.6 is 39.7 Å². The highest BCUT2D eigenvalue weighted by Crippen LogP contribution is 2.23. The van der Waals surface area contributed by atoms with Gasteiger partial charge in [-0.05, 0) is 48.9 Å². The van der Waals surface area contributed by atoms with Crippen LogP contribution in [0, 0.1) is 6.92 Å². The molecule has 2 aromatic rings. The molecule has 0 saturated carbocycles. The second-order valence-electron chi connectivity index (χ2n) is 4.47. The minimum absolute atomic E-state index is 0.203. The van der Waals surface area contributed by atoms with Crippen molar-refractivity contribution in [2.45, 2.75) is 6.92 Å². The van der Waals surface area contributed by atoms with Gasteiger partial charge >= 0.3 is 0 Å². The predicted molar refractivity (Wildman–Crippen MR) is 94.2 cm³/mol. The molecule has 0 aromatic heterocycles. The Morgan fingerprint density at radius 3 is 2.52 bits per heavy atom. The van der Waals surface area contributed by atoms with E-state index in [9.17, 15) is 4.79 Å². The van der Waals surface area contributed by atoms with Crippen molar-refractivity contribution >= 4 is 56.3 Å². The van der Waals surface area contributed by atoms with E-state index in [0.717, 1.165) is 10.0 Å². The van der Waals surface area contributed by atoms with E-state index in [1.54, 1.807) is 24.3 Å². The molecule has 0 atom stereocenters. The van der Waals surface area contributed by atoms with Crippen molar-refractivity contribution in [2.75, 3.05) is 5.32 Å². The molecular formula is C15H12BrClN2OS. The van der Waals surface area contributed by atoms with Gasteiger partial charge in [0.15, 0.2) is 0 Å². The first-order valence-corrected chi connectivity index (χ1v) is 7.63. The third-order valence-electron chi connectivity index (χ3n) is 2.93. The smallest absolute Gasteiger partial charge is 0.255 e. The van der Waals surface area contributed by atoms with Gasteiger partial charge in [0.25, 0.3) is 5.91 Å². The molecule has 0 aliphatic heterocycles. The van der Waals surface area contributed by atoms with E-state index in [-0.39, 0.29) is 10.9 Å². The van der Waals surface area contributed by atoms with E-state index in [1.807, 2.05) is 19.1 Å². The lowest BCUT2D eigenvalue weighted by molar-refractivity contribution is 0.102. The Balaban J connectivity index is 2.35. The molecule has 0 radical (unpaired) electrons. The first-order valence-electron chi connectivity index (χ1n) is 6.05. The number of aryl methyl sites for hydroxylation is 1. The zero-order valence-electron chi connectivity index (χ0n) is 11.1. The van der Waals surface area contributed by atoms with Crippen LogP contribution in [0.5, 0.6) is 0 Å². The van der Waals surface area contributed by atoms with E-state index in [2.05, 4.69) is 21.2 Å². The molecule has 1 amide bonds. The number of halogens is 2. The van der Waals surface area contributed by atoms with Gasteiger partial charge in [0.05, 0.1) is 5.69 Å². The van der Waals surface area contributed by atoms with Gasteiger partial charge in [0.1, 0.15) is 4.99 Å². The number of hydrogen-bond acceptors (Lipinski definition) is 2. The number of anilines is 1. The van der Waals surface area contributed by atoms with Crippen LogP contribution in [0.2, 0.25) is 5.02 Å². The lowest BCUT2D eigenvalue weighted by atomic mass is 10.1. The molecule has 0 fully saturated rings. The third-order valence-corrected chi connectivity index (χ3v) is 3.88. The Bertz CT molecular complexity index is 734. The standard InChI is InChI=1S/C15H12BrClN2OS/c1-8-6-9(16)2-4-11(8)15(20)19-13-7-10(17)3-5-12(13)14(18)21/h2-7H,1H3,(H2,18,21)(H,19,20). The van der Waals surface area contributed by atoms with Crippen LogP contribution in [0.1, 0.15) is 21.5 Å². The van der Waals surface area contributed by atoms with Crippen LogP contribution in [0.15, 0.2) is 40.9 Å². The summed E-state index contributed by atoms with van der Waals surface area (Å²) >= 11 is 14.3. The van der Waals surface area contributed by atoms with Gasteiger partial charge < -0.3 is 11.1 Å². The normalized spacial score (nSPS) is 10.2. The van der Waals surface area contributed by atoms with E-state index >= 15 is 0 Å². The monoisotopic (exact) mass is 382 g/mol. The Kier molecular flexibility index (Phi) is 4.98. The maximum atomic E-state index is 12.4. The van der Waals surface area contributed by atoms with Crippen LogP contribution in [0.25, 0.3) is 0 Å². The second-order valence-corrected chi connectivity index (χ2v) is 6.26. The summed E-state index contributed by atoms with van der Waals surface area (Å²) in [6.07, 6.45) is 0. The second kappa shape index (κ2) is 6.56. The topological polar surface area (TPSA) is 55.1 Å². The van der Waals surface area contributed by atoms with Crippen molar-refractivity contribution in [2.24, 2.45) is 5.73 Å². The van der Waals surface area contributed by atoms with Crippen LogP contribution in [-0.2, 0) is 0 Å². The van der Waals surface area contributed by atoms with E-state index in [0.29, 0.717) is 21.8 Å². The van der Waals surface area contributed by atoms with Crippen molar-refractivity contribution in [3.63, 3.8) is 0 Å². The maximum Gasteiger partial charge on any atom is 0.255 e. The van der Waals surface area contributed by atoms with Gasteiger partial charge in [-0.1, -0.05) is 39.7 Å². The van der Waals surface area contributed by atoms with Gasteiger partial charge in [0, 0.05) is 20.6 Å². The summed E-state index contributed by atoms with van der Waals surface area (Å²) in [7, 11) is 0. The minimum Gasteiger partial charge on any atom is -0.389 e. The van der Waals surface area contributed by atoms with Crippen molar-refractivity contribution in [1.82, 2.24) is 0 Å². The molecule has 3 N–H and O–H groups in total. The fourth-order valence-corrected chi connectivity index (χ4v) is 2.73. The molecule has 0 aliphatic rings. The fourth-order valence-electron chi connectivity index (χ4n) is 1.91. The summed E-state index contributed by atoms with van der Waals surface area (Å²) in [6.45, 7) is 1.87. The minimum atomic E-state index is -0.236. The molecule has 0 spiro atoms. The zero-order valence-corrected chi connectivity index (χ0v) is 14.3. The summed E-state index contributed by atoms with van der Waals surface area (Å²) in [5.74, 6) is -0.236. The first kappa shape index (κ1) is 15.9. The van der Waals surface area contributed by atoms with Crippen LogP contribution < -0.4 is 11.1 Å². The number of thiocarbonyl (C=S) groups is 1. The molecule has 3 nitrogen and oxygen atoms in total. The summed E-state index contributed by atoms with van der Waals surface area (Å²) in [4.78, 5) is 12.6. The van der Waals surface area contributed by atoms with E-state index in [1.165, 1.54) is 0 Å². The van der Waals surface area contributed by atoms with Crippen molar-refractivity contribution < 1.29 is 4.79 Å². The van der Waals surface area contributed by atoms with E-state index < -0.39 is 0 Å². The molecule has 0 heterocycles. The van der Waals surface area contributed by atoms with Gasteiger partial charge in [-0.15, -0.1) is 0 Å². The maximum absolute atomic E-state index is 12.4.